The number of fused-ring (bicyclic) bond motifs is 1. The van der Waals surface area contributed by atoms with Gasteiger partial charge in [0.25, 0.3) is 0 Å². The van der Waals surface area contributed by atoms with Gasteiger partial charge >= 0.3 is 5.97 Å². The fourth-order valence-corrected chi connectivity index (χ4v) is 2.80. The molecule has 0 unspecified atom stereocenters. The van der Waals surface area contributed by atoms with Crippen LogP contribution in [0.4, 0.5) is 0 Å². The number of amides is 1. The lowest BCUT2D eigenvalue weighted by atomic mass is 10.0. The van der Waals surface area contributed by atoms with Gasteiger partial charge in [0.2, 0.25) is 5.91 Å². The van der Waals surface area contributed by atoms with Gasteiger partial charge < -0.3 is 10.0 Å². The Bertz CT molecular complexity index is 675. The first-order chi connectivity index (χ1) is 9.66. The second kappa shape index (κ2) is 4.96. The molecule has 1 N–H and O–H groups in total. The summed E-state index contributed by atoms with van der Waals surface area (Å²) in [6.07, 6.45) is 0.723. The largest absolute Gasteiger partial charge is 0.480 e. The lowest BCUT2D eigenvalue weighted by molar-refractivity contribution is -0.146. The molecule has 0 aromatic heterocycles. The summed E-state index contributed by atoms with van der Waals surface area (Å²) in [6, 6.07) is 13.1. The summed E-state index contributed by atoms with van der Waals surface area (Å²) in [5.41, 5.74) is 0.990. The van der Waals surface area contributed by atoms with Crippen molar-refractivity contribution in [3.8, 4) is 0 Å². The van der Waals surface area contributed by atoms with Crippen LogP contribution in [0.15, 0.2) is 42.5 Å². The first kappa shape index (κ1) is 12.7. The van der Waals surface area contributed by atoms with Gasteiger partial charge in [-0.25, -0.2) is 4.79 Å². The molecule has 1 amide bonds. The van der Waals surface area contributed by atoms with E-state index in [0.717, 1.165) is 16.3 Å². The normalized spacial score (nSPS) is 18.7. The molecule has 1 heterocycles. The molecule has 0 saturated carbocycles. The third kappa shape index (κ3) is 2.13. The van der Waals surface area contributed by atoms with Crippen molar-refractivity contribution in [3.63, 3.8) is 0 Å². The summed E-state index contributed by atoms with van der Waals surface area (Å²) in [4.78, 5) is 24.6. The Labute approximate surface area is 116 Å². The Balaban J connectivity index is 1.96. The van der Waals surface area contributed by atoms with Crippen LogP contribution in [-0.4, -0.2) is 27.9 Å². The highest BCUT2D eigenvalue weighted by Gasteiger charge is 2.35. The number of likely N-dealkylation sites (tertiary alicyclic amines) is 1. The number of carboxylic acids is 1. The molecule has 1 fully saturated rings. The molecule has 102 valence electrons. The average Bonchev–Trinajstić information content (AvgIpc) is 2.81. The lowest BCUT2D eigenvalue weighted by Crippen LogP contribution is -2.37. The standard InChI is InChI=1S/C16H15NO3/c18-15-9-8-14(16(19)20)17(15)10-12-6-3-5-11-4-1-2-7-13(11)12/h1-7,14H,8-10H2,(H,19,20)/t14-/m0/s1. The van der Waals surface area contributed by atoms with Gasteiger partial charge in [0.1, 0.15) is 6.04 Å². The number of carbonyl (C=O) groups excluding carboxylic acids is 1. The predicted molar refractivity (Wildman–Crippen MR) is 75.2 cm³/mol. The van der Waals surface area contributed by atoms with Crippen molar-refractivity contribution >= 4 is 22.6 Å². The van der Waals surface area contributed by atoms with Gasteiger partial charge in [-0.1, -0.05) is 42.5 Å². The fourth-order valence-electron chi connectivity index (χ4n) is 2.80. The molecule has 4 nitrogen and oxygen atoms in total. The van der Waals surface area contributed by atoms with Crippen LogP contribution in [-0.2, 0) is 16.1 Å². The van der Waals surface area contributed by atoms with Crippen LogP contribution in [0.1, 0.15) is 18.4 Å². The first-order valence-corrected chi connectivity index (χ1v) is 6.66. The third-order valence-corrected chi connectivity index (χ3v) is 3.83. The van der Waals surface area contributed by atoms with E-state index >= 15 is 0 Å². The molecule has 1 aliphatic rings. The molecule has 0 radical (unpaired) electrons. The highest BCUT2D eigenvalue weighted by Crippen LogP contribution is 2.25. The molecule has 3 rings (SSSR count). The van der Waals surface area contributed by atoms with Crippen molar-refractivity contribution in [1.29, 1.82) is 0 Å². The number of nitrogens with zero attached hydrogens (tertiary/aromatic N) is 1. The van der Waals surface area contributed by atoms with E-state index < -0.39 is 12.0 Å². The highest BCUT2D eigenvalue weighted by atomic mass is 16.4. The maximum atomic E-state index is 11.9. The summed E-state index contributed by atoms with van der Waals surface area (Å²) < 4.78 is 0. The summed E-state index contributed by atoms with van der Waals surface area (Å²) in [5.74, 6) is -0.999. The van der Waals surface area contributed by atoms with Crippen LogP contribution < -0.4 is 0 Å². The summed E-state index contributed by atoms with van der Waals surface area (Å²) in [5, 5.41) is 11.4. The second-order valence-electron chi connectivity index (χ2n) is 5.05. The van der Waals surface area contributed by atoms with Gasteiger partial charge in [-0.3, -0.25) is 4.79 Å². The average molecular weight is 269 g/mol. The zero-order chi connectivity index (χ0) is 14.1. The molecular weight excluding hydrogens is 254 g/mol. The number of carboxylic acid groups (broad SMARTS) is 1. The van der Waals surface area contributed by atoms with Gasteiger partial charge in [0.15, 0.2) is 0 Å². The number of benzene rings is 2. The van der Waals surface area contributed by atoms with E-state index in [-0.39, 0.29) is 5.91 Å². The van der Waals surface area contributed by atoms with E-state index in [1.807, 2.05) is 42.5 Å². The molecule has 0 aliphatic carbocycles. The molecule has 0 spiro atoms. The number of carbonyl (C=O) groups is 2. The van der Waals surface area contributed by atoms with Crippen molar-refractivity contribution in [2.45, 2.75) is 25.4 Å². The first-order valence-electron chi connectivity index (χ1n) is 6.66. The Morgan fingerprint density at radius 1 is 1.20 bits per heavy atom. The molecule has 1 aliphatic heterocycles. The van der Waals surface area contributed by atoms with Crippen molar-refractivity contribution in [3.05, 3.63) is 48.0 Å². The maximum Gasteiger partial charge on any atom is 0.326 e. The minimum absolute atomic E-state index is 0.0784. The van der Waals surface area contributed by atoms with Gasteiger partial charge in [-0.2, -0.15) is 0 Å². The van der Waals surface area contributed by atoms with E-state index in [9.17, 15) is 14.7 Å². The van der Waals surface area contributed by atoms with E-state index in [1.54, 1.807) is 0 Å². The van der Waals surface area contributed by atoms with Gasteiger partial charge in [0, 0.05) is 13.0 Å². The van der Waals surface area contributed by atoms with Crippen LogP contribution >= 0.6 is 0 Å². The molecule has 0 bridgehead atoms. The van der Waals surface area contributed by atoms with Crippen LogP contribution in [0.2, 0.25) is 0 Å². The Hall–Kier alpha value is -2.36. The van der Waals surface area contributed by atoms with Crippen molar-refractivity contribution < 1.29 is 14.7 Å². The number of rotatable bonds is 3. The molecule has 4 heteroatoms. The summed E-state index contributed by atoms with van der Waals surface area (Å²) in [6.45, 7) is 0.358. The molecule has 2 aromatic carbocycles. The number of aliphatic carboxylic acids is 1. The molecule has 20 heavy (non-hydrogen) atoms. The quantitative estimate of drug-likeness (QED) is 0.931. The van der Waals surface area contributed by atoms with Crippen LogP contribution in [0.25, 0.3) is 10.8 Å². The molecule has 2 aromatic rings. The minimum Gasteiger partial charge on any atom is -0.480 e. The fraction of sp³-hybridized carbons (Fsp3) is 0.250. The highest BCUT2D eigenvalue weighted by molar-refractivity contribution is 5.89. The van der Waals surface area contributed by atoms with E-state index in [0.29, 0.717) is 19.4 Å². The summed E-state index contributed by atoms with van der Waals surface area (Å²) >= 11 is 0. The number of hydrogen-bond acceptors (Lipinski definition) is 2. The molecule has 1 atom stereocenters. The van der Waals surface area contributed by atoms with Crippen molar-refractivity contribution in [2.24, 2.45) is 0 Å². The Morgan fingerprint density at radius 2 is 1.95 bits per heavy atom. The van der Waals surface area contributed by atoms with Gasteiger partial charge in [-0.15, -0.1) is 0 Å². The van der Waals surface area contributed by atoms with Crippen LogP contribution in [0, 0.1) is 0 Å². The predicted octanol–water partition coefficient (Wildman–Crippen LogP) is 2.42. The zero-order valence-corrected chi connectivity index (χ0v) is 11.0. The monoisotopic (exact) mass is 269 g/mol. The van der Waals surface area contributed by atoms with E-state index in [2.05, 4.69) is 0 Å². The topological polar surface area (TPSA) is 57.6 Å². The Kier molecular flexibility index (Phi) is 3.14. The lowest BCUT2D eigenvalue weighted by Gasteiger charge is -2.22. The maximum absolute atomic E-state index is 11.9. The number of hydrogen-bond donors (Lipinski definition) is 1. The van der Waals surface area contributed by atoms with E-state index in [1.165, 1.54) is 4.90 Å². The van der Waals surface area contributed by atoms with Crippen molar-refractivity contribution in [2.75, 3.05) is 0 Å². The van der Waals surface area contributed by atoms with Crippen LogP contribution in [0.5, 0.6) is 0 Å². The van der Waals surface area contributed by atoms with Crippen molar-refractivity contribution in [1.82, 2.24) is 4.90 Å². The second-order valence-corrected chi connectivity index (χ2v) is 5.05. The third-order valence-electron chi connectivity index (χ3n) is 3.83. The van der Waals surface area contributed by atoms with Gasteiger partial charge in [0.05, 0.1) is 0 Å². The van der Waals surface area contributed by atoms with Crippen LogP contribution in [0.3, 0.4) is 0 Å². The molecule has 1 saturated heterocycles. The zero-order valence-electron chi connectivity index (χ0n) is 11.0. The summed E-state index contributed by atoms with van der Waals surface area (Å²) in [7, 11) is 0. The minimum atomic E-state index is -0.920. The van der Waals surface area contributed by atoms with Gasteiger partial charge in [-0.05, 0) is 22.8 Å². The molecular formula is C16H15NO3. The smallest absolute Gasteiger partial charge is 0.326 e. The Morgan fingerprint density at radius 3 is 2.75 bits per heavy atom. The SMILES string of the molecule is O=C(O)[C@@H]1CCC(=O)N1Cc1cccc2ccccc12. The van der Waals surface area contributed by atoms with E-state index in [4.69, 9.17) is 0 Å².